The average molecular weight is 290 g/mol. The summed E-state index contributed by atoms with van der Waals surface area (Å²) in [6.45, 7) is 5.92. The van der Waals surface area contributed by atoms with E-state index in [4.69, 9.17) is 0 Å². The highest BCUT2D eigenvalue weighted by Crippen LogP contribution is 2.16. The van der Waals surface area contributed by atoms with Gasteiger partial charge in [0.25, 0.3) is 0 Å². The molecule has 0 spiro atoms. The molecule has 1 aromatic carbocycles. The molecule has 1 heterocycles. The molecule has 0 saturated heterocycles. The smallest absolute Gasteiger partial charge is 0.190 e. The van der Waals surface area contributed by atoms with E-state index in [1.54, 1.807) is 6.92 Å². The summed E-state index contributed by atoms with van der Waals surface area (Å²) < 4.78 is 1.89. The van der Waals surface area contributed by atoms with Crippen LogP contribution in [-0.4, -0.2) is 22.1 Å². The molecule has 5 heteroatoms. The average Bonchev–Trinajstić information content (AvgIpc) is 2.68. The van der Waals surface area contributed by atoms with Crippen LogP contribution in [0.25, 0.3) is 0 Å². The van der Waals surface area contributed by atoms with Gasteiger partial charge in [0.1, 0.15) is 0 Å². The zero-order chi connectivity index (χ0) is 14.7. The Morgan fingerprint density at radius 1 is 1.40 bits per heavy atom. The molecule has 0 fully saturated rings. The van der Waals surface area contributed by atoms with Gasteiger partial charge in [-0.3, -0.25) is 4.79 Å². The Morgan fingerprint density at radius 3 is 2.75 bits per heavy atom. The zero-order valence-electron chi connectivity index (χ0n) is 11.9. The lowest BCUT2D eigenvalue weighted by Crippen LogP contribution is -2.18. The standard InChI is InChI=1S/C15H18N2O2S/c1-10-5-4-6-13(9-10)16-15-17(7-8-18)11(2)14(20-15)12(3)19/h4-6,9,18H,7-8H2,1-3H3. The van der Waals surface area contributed by atoms with Crippen LogP contribution in [0.4, 0.5) is 5.69 Å². The van der Waals surface area contributed by atoms with Gasteiger partial charge in [0.2, 0.25) is 0 Å². The maximum Gasteiger partial charge on any atom is 0.190 e. The first kappa shape index (κ1) is 14.7. The second-order valence-corrected chi connectivity index (χ2v) is 5.66. The van der Waals surface area contributed by atoms with Crippen LogP contribution in [0.3, 0.4) is 0 Å². The van der Waals surface area contributed by atoms with Crippen LogP contribution in [0.2, 0.25) is 0 Å². The minimum atomic E-state index is 0.0237. The Morgan fingerprint density at radius 2 is 2.15 bits per heavy atom. The van der Waals surface area contributed by atoms with Crippen molar-refractivity contribution in [2.24, 2.45) is 4.99 Å². The molecule has 0 radical (unpaired) electrons. The van der Waals surface area contributed by atoms with E-state index in [0.29, 0.717) is 11.4 Å². The minimum absolute atomic E-state index is 0.0237. The molecule has 2 aromatic rings. The van der Waals surface area contributed by atoms with Crippen LogP contribution in [-0.2, 0) is 6.54 Å². The van der Waals surface area contributed by atoms with Gasteiger partial charge in [0, 0.05) is 19.2 Å². The first-order valence-corrected chi connectivity index (χ1v) is 7.28. The third kappa shape index (κ3) is 3.05. The van der Waals surface area contributed by atoms with E-state index in [-0.39, 0.29) is 12.4 Å². The van der Waals surface area contributed by atoms with E-state index in [1.807, 2.05) is 42.7 Å². The highest BCUT2D eigenvalue weighted by Gasteiger charge is 2.12. The fourth-order valence-corrected chi connectivity index (χ4v) is 3.14. The second-order valence-electron chi connectivity index (χ2n) is 4.68. The number of hydrogen-bond acceptors (Lipinski definition) is 4. The van der Waals surface area contributed by atoms with Gasteiger partial charge < -0.3 is 9.67 Å². The Balaban J connectivity index is 2.60. The molecular formula is C15H18N2O2S. The summed E-state index contributed by atoms with van der Waals surface area (Å²) in [4.78, 5) is 17.7. The number of hydrogen-bond donors (Lipinski definition) is 1. The van der Waals surface area contributed by atoms with Crippen molar-refractivity contribution in [2.45, 2.75) is 27.3 Å². The van der Waals surface area contributed by atoms with Crippen molar-refractivity contribution in [3.8, 4) is 0 Å². The van der Waals surface area contributed by atoms with Crippen LogP contribution >= 0.6 is 11.3 Å². The summed E-state index contributed by atoms with van der Waals surface area (Å²) in [5.74, 6) is 0.0323. The number of Topliss-reactive ketones (excluding diaryl/α,β-unsaturated/α-hetero) is 1. The number of aliphatic hydroxyl groups is 1. The number of carbonyl (C=O) groups excluding carboxylic acids is 1. The summed E-state index contributed by atoms with van der Waals surface area (Å²) >= 11 is 1.37. The molecule has 0 saturated carbocycles. The molecule has 0 aliphatic carbocycles. The summed E-state index contributed by atoms with van der Waals surface area (Å²) in [7, 11) is 0. The minimum Gasteiger partial charge on any atom is -0.395 e. The Kier molecular flexibility index (Phi) is 4.52. The summed E-state index contributed by atoms with van der Waals surface area (Å²) in [6.07, 6.45) is 0. The number of nitrogens with zero attached hydrogens (tertiary/aromatic N) is 2. The number of benzene rings is 1. The number of rotatable bonds is 4. The number of aliphatic hydroxyl groups excluding tert-OH is 1. The third-order valence-electron chi connectivity index (χ3n) is 3.03. The predicted octanol–water partition coefficient (Wildman–Crippen LogP) is 2.59. The van der Waals surface area contributed by atoms with Crippen molar-refractivity contribution >= 4 is 22.8 Å². The van der Waals surface area contributed by atoms with E-state index in [9.17, 15) is 9.90 Å². The Labute approximate surface area is 122 Å². The van der Waals surface area contributed by atoms with Crippen molar-refractivity contribution in [2.75, 3.05) is 6.61 Å². The van der Waals surface area contributed by atoms with Crippen molar-refractivity contribution < 1.29 is 9.90 Å². The maximum atomic E-state index is 11.6. The SMILES string of the molecule is CC(=O)c1sc(=Nc2cccc(C)c2)n(CCO)c1C. The van der Waals surface area contributed by atoms with Gasteiger partial charge in [-0.15, -0.1) is 0 Å². The molecule has 0 amide bonds. The van der Waals surface area contributed by atoms with Crippen LogP contribution in [0, 0.1) is 13.8 Å². The van der Waals surface area contributed by atoms with E-state index in [0.717, 1.165) is 21.7 Å². The molecule has 2 rings (SSSR count). The van der Waals surface area contributed by atoms with E-state index >= 15 is 0 Å². The molecule has 0 unspecified atom stereocenters. The Hall–Kier alpha value is -1.72. The largest absolute Gasteiger partial charge is 0.395 e. The molecule has 106 valence electrons. The van der Waals surface area contributed by atoms with Gasteiger partial charge in [0.05, 0.1) is 17.2 Å². The molecule has 1 N–H and O–H groups in total. The van der Waals surface area contributed by atoms with Gasteiger partial charge in [-0.2, -0.15) is 0 Å². The first-order chi connectivity index (χ1) is 9.52. The number of aromatic nitrogens is 1. The molecule has 0 aliphatic heterocycles. The number of ketones is 1. The van der Waals surface area contributed by atoms with Gasteiger partial charge in [-0.25, -0.2) is 4.99 Å². The molecule has 1 aromatic heterocycles. The number of carbonyl (C=O) groups is 1. The molecule has 0 atom stereocenters. The normalized spacial score (nSPS) is 11.9. The lowest BCUT2D eigenvalue weighted by molar-refractivity contribution is 0.102. The van der Waals surface area contributed by atoms with E-state index < -0.39 is 0 Å². The monoisotopic (exact) mass is 290 g/mol. The fraction of sp³-hybridized carbons (Fsp3) is 0.333. The quantitative estimate of drug-likeness (QED) is 0.880. The molecule has 0 bridgehead atoms. The molecule has 20 heavy (non-hydrogen) atoms. The lowest BCUT2D eigenvalue weighted by atomic mass is 10.2. The van der Waals surface area contributed by atoms with Crippen LogP contribution in [0.5, 0.6) is 0 Å². The van der Waals surface area contributed by atoms with Gasteiger partial charge in [-0.1, -0.05) is 23.5 Å². The van der Waals surface area contributed by atoms with Crippen molar-refractivity contribution in [1.29, 1.82) is 0 Å². The Bertz CT molecular complexity index is 698. The summed E-state index contributed by atoms with van der Waals surface area (Å²) in [5, 5.41) is 9.18. The predicted molar refractivity (Wildman–Crippen MR) is 80.5 cm³/mol. The summed E-state index contributed by atoms with van der Waals surface area (Å²) in [5.41, 5.74) is 2.86. The van der Waals surface area contributed by atoms with Crippen LogP contribution < -0.4 is 4.80 Å². The fourth-order valence-electron chi connectivity index (χ4n) is 2.07. The summed E-state index contributed by atoms with van der Waals surface area (Å²) in [6, 6.07) is 7.89. The molecule has 0 aliphatic rings. The van der Waals surface area contributed by atoms with E-state index in [1.165, 1.54) is 11.3 Å². The topological polar surface area (TPSA) is 54.6 Å². The second kappa shape index (κ2) is 6.15. The van der Waals surface area contributed by atoms with Crippen LogP contribution in [0.1, 0.15) is 27.9 Å². The van der Waals surface area contributed by atoms with E-state index in [2.05, 4.69) is 4.99 Å². The van der Waals surface area contributed by atoms with Crippen molar-refractivity contribution in [3.05, 3.63) is 45.2 Å². The number of aryl methyl sites for hydroxylation is 1. The van der Waals surface area contributed by atoms with Crippen LogP contribution in [0.15, 0.2) is 29.3 Å². The van der Waals surface area contributed by atoms with Gasteiger partial charge in [-0.05, 0) is 31.5 Å². The maximum absolute atomic E-state index is 11.6. The van der Waals surface area contributed by atoms with Gasteiger partial charge in [0.15, 0.2) is 10.6 Å². The molecular weight excluding hydrogens is 272 g/mol. The highest BCUT2D eigenvalue weighted by molar-refractivity contribution is 7.11. The molecule has 4 nitrogen and oxygen atoms in total. The highest BCUT2D eigenvalue weighted by atomic mass is 32.1. The van der Waals surface area contributed by atoms with Crippen molar-refractivity contribution in [1.82, 2.24) is 4.57 Å². The third-order valence-corrected chi connectivity index (χ3v) is 4.31. The zero-order valence-corrected chi connectivity index (χ0v) is 12.7. The first-order valence-electron chi connectivity index (χ1n) is 6.46. The van der Waals surface area contributed by atoms with Gasteiger partial charge >= 0.3 is 0 Å². The lowest BCUT2D eigenvalue weighted by Gasteiger charge is -2.03. The number of thiazole rings is 1. The van der Waals surface area contributed by atoms with Crippen molar-refractivity contribution in [3.63, 3.8) is 0 Å².